The van der Waals surface area contributed by atoms with Crippen LogP contribution >= 0.6 is 0 Å². The van der Waals surface area contributed by atoms with E-state index in [0.29, 0.717) is 17.0 Å². The number of hydrogen-bond acceptors (Lipinski definition) is 7. The van der Waals surface area contributed by atoms with Crippen LogP contribution in [-0.4, -0.2) is 34.9 Å². The van der Waals surface area contributed by atoms with Gasteiger partial charge in [-0.25, -0.2) is 4.79 Å². The molecule has 0 aliphatic carbocycles. The van der Waals surface area contributed by atoms with Crippen LogP contribution in [0.5, 0.6) is 5.75 Å². The summed E-state index contributed by atoms with van der Waals surface area (Å²) >= 11 is 0. The van der Waals surface area contributed by atoms with E-state index in [1.54, 1.807) is 48.5 Å². The lowest BCUT2D eigenvalue weighted by Crippen LogP contribution is -2.32. The number of carbonyl (C=O) groups excluding carboxylic acids is 2. The summed E-state index contributed by atoms with van der Waals surface area (Å²) in [5.41, 5.74) is 1.05. The van der Waals surface area contributed by atoms with Crippen LogP contribution < -0.4 is 15.8 Å². The van der Waals surface area contributed by atoms with E-state index in [2.05, 4.69) is 10.4 Å². The zero-order valence-corrected chi connectivity index (χ0v) is 15.8. The number of benzene rings is 2. The minimum absolute atomic E-state index is 0.0883. The van der Waals surface area contributed by atoms with Gasteiger partial charge in [0, 0.05) is 5.56 Å². The van der Waals surface area contributed by atoms with E-state index in [1.165, 1.54) is 14.0 Å². The summed E-state index contributed by atoms with van der Waals surface area (Å²) in [6, 6.07) is 15.6. The van der Waals surface area contributed by atoms with Crippen molar-refractivity contribution < 1.29 is 23.5 Å². The van der Waals surface area contributed by atoms with Crippen molar-refractivity contribution in [3.8, 4) is 17.2 Å². The van der Waals surface area contributed by atoms with Gasteiger partial charge in [-0.2, -0.15) is 4.68 Å². The molecular weight excluding hydrogens is 378 g/mol. The van der Waals surface area contributed by atoms with Crippen molar-refractivity contribution in [1.82, 2.24) is 9.78 Å². The van der Waals surface area contributed by atoms with Gasteiger partial charge < -0.3 is 19.2 Å². The van der Waals surface area contributed by atoms with E-state index in [9.17, 15) is 14.4 Å². The normalized spacial score (nSPS) is 11.5. The van der Waals surface area contributed by atoms with E-state index in [4.69, 9.17) is 13.9 Å². The van der Waals surface area contributed by atoms with Crippen LogP contribution in [0.2, 0.25) is 0 Å². The average Bonchev–Trinajstić information content (AvgIpc) is 3.09. The second kappa shape index (κ2) is 8.87. The van der Waals surface area contributed by atoms with Crippen LogP contribution in [0.3, 0.4) is 0 Å². The molecule has 0 saturated heterocycles. The van der Waals surface area contributed by atoms with Crippen molar-refractivity contribution in [2.24, 2.45) is 0 Å². The van der Waals surface area contributed by atoms with Gasteiger partial charge in [-0.3, -0.25) is 9.59 Å². The number of rotatable bonds is 7. The quantitative estimate of drug-likeness (QED) is 0.607. The summed E-state index contributed by atoms with van der Waals surface area (Å²) in [7, 11) is 1.48. The largest absolute Gasteiger partial charge is 0.495 e. The van der Waals surface area contributed by atoms with Crippen LogP contribution in [-0.2, 0) is 20.9 Å². The maximum Gasteiger partial charge on any atom is 0.437 e. The second-order valence-electron chi connectivity index (χ2n) is 6.02. The molecule has 0 unspecified atom stereocenters. The van der Waals surface area contributed by atoms with Gasteiger partial charge in [-0.05, 0) is 31.2 Å². The van der Waals surface area contributed by atoms with E-state index in [-0.39, 0.29) is 5.89 Å². The molecule has 0 saturated carbocycles. The number of hydrogen-bond donors (Lipinski definition) is 1. The highest BCUT2D eigenvalue weighted by Crippen LogP contribution is 2.23. The van der Waals surface area contributed by atoms with Gasteiger partial charge in [0.25, 0.3) is 5.91 Å². The monoisotopic (exact) mass is 397 g/mol. The molecule has 29 heavy (non-hydrogen) atoms. The molecule has 0 aliphatic heterocycles. The van der Waals surface area contributed by atoms with Crippen molar-refractivity contribution in [2.75, 3.05) is 12.4 Å². The topological polar surface area (TPSA) is 113 Å². The molecule has 3 rings (SSSR count). The molecule has 2 aromatic carbocycles. The second-order valence-corrected chi connectivity index (χ2v) is 6.02. The number of nitrogens with zero attached hydrogens (tertiary/aromatic N) is 2. The minimum atomic E-state index is -1.09. The Hall–Kier alpha value is -3.88. The van der Waals surface area contributed by atoms with Crippen LogP contribution in [0.25, 0.3) is 11.5 Å². The number of methoxy groups -OCH3 is 1. The summed E-state index contributed by atoms with van der Waals surface area (Å²) in [4.78, 5) is 36.3. The summed E-state index contributed by atoms with van der Waals surface area (Å²) in [6.45, 7) is 0.936. The van der Waals surface area contributed by atoms with Gasteiger partial charge in [0.05, 0.1) is 12.8 Å². The molecule has 1 amide bonds. The summed E-state index contributed by atoms with van der Waals surface area (Å²) in [5, 5.41) is 6.61. The third-order valence-corrected chi connectivity index (χ3v) is 3.95. The smallest absolute Gasteiger partial charge is 0.437 e. The molecule has 1 N–H and O–H groups in total. The third kappa shape index (κ3) is 4.89. The van der Waals surface area contributed by atoms with Gasteiger partial charge in [-0.15, -0.1) is 5.10 Å². The van der Waals surface area contributed by atoms with Crippen molar-refractivity contribution in [1.29, 1.82) is 0 Å². The molecule has 0 aliphatic rings. The number of nitrogens with one attached hydrogen (secondary N) is 1. The highest BCUT2D eigenvalue weighted by Gasteiger charge is 2.21. The average molecular weight is 397 g/mol. The fourth-order valence-electron chi connectivity index (χ4n) is 2.50. The number of ether oxygens (including phenoxy) is 2. The molecule has 3 aromatic rings. The molecule has 0 radical (unpaired) electrons. The molecule has 150 valence electrons. The van der Waals surface area contributed by atoms with Gasteiger partial charge in [0.2, 0.25) is 5.89 Å². The molecule has 9 nitrogen and oxygen atoms in total. The van der Waals surface area contributed by atoms with Gasteiger partial charge in [0.1, 0.15) is 12.3 Å². The fourth-order valence-corrected chi connectivity index (χ4v) is 2.50. The molecule has 9 heteroatoms. The molecule has 1 atom stereocenters. The Morgan fingerprint density at radius 2 is 1.83 bits per heavy atom. The van der Waals surface area contributed by atoms with Crippen LogP contribution in [0, 0.1) is 0 Å². The Labute approximate surface area is 165 Å². The Kier molecular flexibility index (Phi) is 6.08. The third-order valence-electron chi connectivity index (χ3n) is 3.95. The van der Waals surface area contributed by atoms with Crippen LogP contribution in [0.15, 0.2) is 63.8 Å². The van der Waals surface area contributed by atoms with E-state index >= 15 is 0 Å². The number of esters is 1. The molecule has 0 bridgehead atoms. The highest BCUT2D eigenvalue weighted by atomic mass is 16.5. The Bertz CT molecular complexity index is 1060. The van der Waals surface area contributed by atoms with Crippen molar-refractivity contribution in [3.63, 3.8) is 0 Å². The first-order chi connectivity index (χ1) is 14.0. The zero-order chi connectivity index (χ0) is 20.8. The number of aromatic nitrogens is 2. The predicted molar refractivity (Wildman–Crippen MR) is 103 cm³/mol. The Morgan fingerprint density at radius 1 is 1.14 bits per heavy atom. The Balaban J connectivity index is 1.61. The van der Waals surface area contributed by atoms with Crippen molar-refractivity contribution in [3.05, 3.63) is 65.1 Å². The number of carbonyl (C=O) groups is 2. The lowest BCUT2D eigenvalue weighted by Gasteiger charge is -2.14. The maximum absolute atomic E-state index is 12.3. The van der Waals surface area contributed by atoms with E-state index < -0.39 is 30.3 Å². The summed E-state index contributed by atoms with van der Waals surface area (Å²) in [6.07, 6.45) is -1.09. The lowest BCUT2D eigenvalue weighted by molar-refractivity contribution is -0.154. The first-order valence-corrected chi connectivity index (χ1v) is 8.74. The molecule has 0 spiro atoms. The first-order valence-electron chi connectivity index (χ1n) is 8.74. The molecule has 1 heterocycles. The molecule has 0 fully saturated rings. The number of anilines is 1. The number of amides is 1. The fraction of sp³-hybridized carbons (Fsp3) is 0.200. The van der Waals surface area contributed by atoms with Crippen LogP contribution in [0.1, 0.15) is 6.92 Å². The SMILES string of the molecule is COc1ccccc1NC(=O)[C@@H](C)OC(=O)Cn1nc(-c2ccccc2)oc1=O. The predicted octanol–water partition coefficient (Wildman–Crippen LogP) is 2.08. The summed E-state index contributed by atoms with van der Waals surface area (Å²) in [5.74, 6) is -1.58. The van der Waals surface area contributed by atoms with Gasteiger partial charge in [-0.1, -0.05) is 30.3 Å². The zero-order valence-electron chi connectivity index (χ0n) is 15.8. The minimum Gasteiger partial charge on any atom is -0.495 e. The van der Waals surface area contributed by atoms with Crippen LogP contribution in [0.4, 0.5) is 5.69 Å². The first kappa shape index (κ1) is 19.9. The van der Waals surface area contributed by atoms with Gasteiger partial charge in [0.15, 0.2) is 6.10 Å². The maximum atomic E-state index is 12.3. The molecular formula is C20H19N3O6. The van der Waals surface area contributed by atoms with E-state index in [1.807, 2.05) is 6.07 Å². The van der Waals surface area contributed by atoms with Crippen molar-refractivity contribution >= 4 is 17.6 Å². The lowest BCUT2D eigenvalue weighted by atomic mass is 10.2. The standard InChI is InChI=1S/C20H19N3O6/c1-13(18(25)21-15-10-6-7-11-16(15)27-2)28-17(24)12-23-20(26)29-19(22-23)14-8-4-3-5-9-14/h3-11,13H,12H2,1-2H3,(H,21,25)/t13-/m1/s1. The summed E-state index contributed by atoms with van der Waals surface area (Å²) < 4.78 is 16.2. The molecule has 1 aromatic heterocycles. The van der Waals surface area contributed by atoms with Gasteiger partial charge >= 0.3 is 11.7 Å². The highest BCUT2D eigenvalue weighted by molar-refractivity contribution is 5.96. The number of para-hydroxylation sites is 2. The Morgan fingerprint density at radius 3 is 2.55 bits per heavy atom. The van der Waals surface area contributed by atoms with E-state index in [0.717, 1.165) is 4.68 Å². The van der Waals surface area contributed by atoms with Crippen molar-refractivity contribution in [2.45, 2.75) is 19.6 Å².